The van der Waals surface area contributed by atoms with Gasteiger partial charge in [0.05, 0.1) is 24.3 Å². The fraction of sp³-hybridized carbons (Fsp3) is 0.571. The number of carbonyl (C=O) groups is 2. The molecule has 0 radical (unpaired) electrons. The van der Waals surface area contributed by atoms with Gasteiger partial charge in [-0.25, -0.2) is 4.39 Å². The SMILES string of the molecule is CC(=O)OCC(=O)[C@@]1(C#CC(F)(F)F)CC[C@H]2[C@@H]3CC(F)C4=CC(=NO)CCC4=C3[C@@H](c3ccc(N4CCOCC4)cc3)C[C@@]21C. The van der Waals surface area contributed by atoms with E-state index in [0.717, 1.165) is 42.4 Å². The van der Waals surface area contributed by atoms with Gasteiger partial charge in [0, 0.05) is 37.5 Å². The number of allylic oxidation sites excluding steroid dienone is 4. The van der Waals surface area contributed by atoms with Gasteiger partial charge >= 0.3 is 12.1 Å². The molecular formula is C35H38F4N2O5. The van der Waals surface area contributed by atoms with Gasteiger partial charge in [0.25, 0.3) is 0 Å². The summed E-state index contributed by atoms with van der Waals surface area (Å²) in [5.41, 5.74) is 1.99. The summed E-state index contributed by atoms with van der Waals surface area (Å²) >= 11 is 0. The number of benzene rings is 1. The number of esters is 1. The normalized spacial score (nSPS) is 33.3. The topological polar surface area (TPSA) is 88.4 Å². The first-order valence-electron chi connectivity index (χ1n) is 15.9. The number of rotatable bonds is 5. The van der Waals surface area contributed by atoms with Crippen molar-refractivity contribution in [2.24, 2.45) is 27.8 Å². The van der Waals surface area contributed by atoms with Crippen LogP contribution in [-0.4, -0.2) is 67.9 Å². The van der Waals surface area contributed by atoms with Crippen LogP contribution < -0.4 is 4.90 Å². The van der Waals surface area contributed by atoms with Gasteiger partial charge in [-0.3, -0.25) is 9.59 Å². The second-order valence-electron chi connectivity index (χ2n) is 13.3. The molecule has 1 aromatic rings. The molecule has 0 amide bonds. The molecule has 0 bridgehead atoms. The number of fused-ring (bicyclic) bond motifs is 4. The minimum Gasteiger partial charge on any atom is -0.458 e. The molecule has 1 N–H and O–H groups in total. The summed E-state index contributed by atoms with van der Waals surface area (Å²) in [6.45, 7) is 5.06. The largest absolute Gasteiger partial charge is 0.458 e. The zero-order valence-corrected chi connectivity index (χ0v) is 26.0. The molecule has 11 heteroatoms. The molecule has 5 aliphatic rings. The standard InChI is InChI=1S/C35H38F4N2O5/c1-21(42)46-20-31(43)34(11-12-35(37,38)39)10-9-29-27-18-30(36)26-17-23(40-44)5-8-25(26)32(27)28(19-33(29,34)2)22-3-6-24(7-4-22)41-13-15-45-16-14-41/h3-4,6-7,17,27-30,44H,5,8-10,13-16,18-20H2,1-2H3/t27-,28+,29-,30?,33-,34-/m0/s1. The Morgan fingerprint density at radius 1 is 1.17 bits per heavy atom. The lowest BCUT2D eigenvalue weighted by Crippen LogP contribution is -2.52. The Bertz CT molecular complexity index is 1550. The Morgan fingerprint density at radius 2 is 1.89 bits per heavy atom. The first-order chi connectivity index (χ1) is 21.9. The number of hydrogen-bond acceptors (Lipinski definition) is 7. The molecule has 2 saturated carbocycles. The monoisotopic (exact) mass is 642 g/mol. The molecule has 1 heterocycles. The van der Waals surface area contributed by atoms with E-state index >= 15 is 4.39 Å². The molecule has 1 saturated heterocycles. The molecular weight excluding hydrogens is 604 g/mol. The van der Waals surface area contributed by atoms with Gasteiger partial charge in [-0.05, 0) is 90.7 Å². The maximum Gasteiger partial charge on any atom is 0.457 e. The first kappa shape index (κ1) is 32.3. The van der Waals surface area contributed by atoms with E-state index in [2.05, 4.69) is 16.0 Å². The maximum atomic E-state index is 16.1. The van der Waals surface area contributed by atoms with E-state index < -0.39 is 41.5 Å². The van der Waals surface area contributed by atoms with Gasteiger partial charge in [0.15, 0.2) is 12.4 Å². The number of ketones is 1. The van der Waals surface area contributed by atoms with Crippen LogP contribution in [0, 0.1) is 34.5 Å². The number of nitrogens with zero attached hydrogens (tertiary/aromatic N) is 2. The molecule has 46 heavy (non-hydrogen) atoms. The second kappa shape index (κ2) is 12.2. The highest BCUT2D eigenvalue weighted by Gasteiger charge is 2.66. The molecule has 0 aromatic heterocycles. The van der Waals surface area contributed by atoms with Crippen molar-refractivity contribution < 1.29 is 41.8 Å². The fourth-order valence-corrected chi connectivity index (χ4v) is 8.99. The van der Waals surface area contributed by atoms with Gasteiger partial charge in [-0.1, -0.05) is 35.7 Å². The van der Waals surface area contributed by atoms with Gasteiger partial charge in [0.1, 0.15) is 6.17 Å². The highest BCUT2D eigenvalue weighted by molar-refractivity contribution is 5.97. The number of oxime groups is 1. The number of carbonyl (C=O) groups excluding carboxylic acids is 2. The number of anilines is 1. The predicted octanol–water partition coefficient (Wildman–Crippen LogP) is 6.32. The van der Waals surface area contributed by atoms with Crippen LogP contribution in [0.5, 0.6) is 0 Å². The van der Waals surface area contributed by atoms with Crippen molar-refractivity contribution in [3.05, 3.63) is 52.6 Å². The smallest absolute Gasteiger partial charge is 0.457 e. The van der Waals surface area contributed by atoms with E-state index in [1.54, 1.807) is 6.08 Å². The fourth-order valence-electron chi connectivity index (χ4n) is 8.99. The molecule has 0 spiro atoms. The third-order valence-corrected chi connectivity index (χ3v) is 11.1. The van der Waals surface area contributed by atoms with E-state index in [4.69, 9.17) is 9.47 Å². The van der Waals surface area contributed by atoms with Gasteiger partial charge in [-0.2, -0.15) is 13.2 Å². The molecule has 1 aliphatic heterocycles. The highest BCUT2D eigenvalue weighted by Crippen LogP contribution is 2.70. The van der Waals surface area contributed by atoms with Crippen molar-refractivity contribution in [3.8, 4) is 11.8 Å². The van der Waals surface area contributed by atoms with Crippen LogP contribution in [0.1, 0.15) is 63.9 Å². The molecule has 4 aliphatic carbocycles. The second-order valence-corrected chi connectivity index (χ2v) is 13.3. The van der Waals surface area contributed by atoms with E-state index in [1.807, 2.05) is 31.2 Å². The summed E-state index contributed by atoms with van der Waals surface area (Å²) in [7, 11) is 0. The molecule has 1 aromatic carbocycles. The van der Waals surface area contributed by atoms with Crippen LogP contribution in [0.4, 0.5) is 23.2 Å². The van der Waals surface area contributed by atoms with Gasteiger partial charge in [-0.15, -0.1) is 0 Å². The quantitative estimate of drug-likeness (QED) is 0.133. The van der Waals surface area contributed by atoms with Gasteiger partial charge in [0.2, 0.25) is 0 Å². The van der Waals surface area contributed by atoms with Crippen molar-refractivity contribution in [2.45, 2.75) is 70.6 Å². The van der Waals surface area contributed by atoms with E-state index in [9.17, 15) is 28.0 Å². The van der Waals surface area contributed by atoms with Gasteiger partial charge < -0.3 is 19.6 Å². The van der Waals surface area contributed by atoms with Crippen LogP contribution in [0.2, 0.25) is 0 Å². The molecule has 1 unspecified atom stereocenters. The summed E-state index contributed by atoms with van der Waals surface area (Å²) in [4.78, 5) is 27.8. The lowest BCUT2D eigenvalue weighted by Gasteiger charge is -2.55. The Hall–Kier alpha value is -3.65. The zero-order chi connectivity index (χ0) is 32.9. The van der Waals surface area contributed by atoms with Crippen LogP contribution in [0.3, 0.4) is 0 Å². The number of alkyl halides is 4. The Kier molecular flexibility index (Phi) is 8.55. The minimum absolute atomic E-state index is 0.0557. The number of Topliss-reactive ketones (excluding diaryl/α,β-unsaturated/α-hetero) is 1. The lowest BCUT2D eigenvalue weighted by atomic mass is 9.48. The summed E-state index contributed by atoms with van der Waals surface area (Å²) in [5.74, 6) is 1.45. The maximum absolute atomic E-state index is 16.1. The molecule has 7 nitrogen and oxygen atoms in total. The Morgan fingerprint density at radius 3 is 2.54 bits per heavy atom. The van der Waals surface area contributed by atoms with E-state index in [1.165, 1.54) is 5.92 Å². The average Bonchev–Trinajstić information content (AvgIpc) is 3.35. The summed E-state index contributed by atoms with van der Waals surface area (Å²) < 4.78 is 67.5. The van der Waals surface area contributed by atoms with Crippen LogP contribution in [0.15, 0.2) is 52.2 Å². The third-order valence-electron chi connectivity index (χ3n) is 11.1. The Balaban J connectivity index is 1.50. The van der Waals surface area contributed by atoms with Crippen LogP contribution in [-0.2, 0) is 19.1 Å². The van der Waals surface area contributed by atoms with Crippen LogP contribution in [0.25, 0.3) is 0 Å². The summed E-state index contributed by atoms with van der Waals surface area (Å²) in [6, 6.07) is 8.11. The van der Waals surface area contributed by atoms with Crippen molar-refractivity contribution in [3.63, 3.8) is 0 Å². The van der Waals surface area contributed by atoms with E-state index in [-0.39, 0.29) is 30.6 Å². The average molecular weight is 643 g/mol. The van der Waals surface area contributed by atoms with Crippen molar-refractivity contribution in [2.75, 3.05) is 37.8 Å². The molecule has 6 rings (SSSR count). The Labute approximate surface area is 265 Å². The van der Waals surface area contributed by atoms with Crippen molar-refractivity contribution >= 4 is 23.2 Å². The molecule has 6 atom stereocenters. The number of ether oxygens (including phenoxy) is 2. The number of hydrogen-bond donors (Lipinski definition) is 1. The predicted molar refractivity (Wildman–Crippen MR) is 162 cm³/mol. The number of morpholine rings is 1. The molecule has 3 fully saturated rings. The minimum atomic E-state index is -4.83. The highest BCUT2D eigenvalue weighted by atomic mass is 19.4. The van der Waals surface area contributed by atoms with E-state index in [0.29, 0.717) is 50.2 Å². The number of halogens is 4. The first-order valence-corrected chi connectivity index (χ1v) is 15.9. The zero-order valence-electron chi connectivity index (χ0n) is 26.0. The lowest BCUT2D eigenvalue weighted by molar-refractivity contribution is -0.150. The molecule has 246 valence electrons. The third kappa shape index (κ3) is 5.63. The summed E-state index contributed by atoms with van der Waals surface area (Å²) in [6.07, 6.45) is -2.80. The summed E-state index contributed by atoms with van der Waals surface area (Å²) in [5, 5.41) is 12.8. The van der Waals surface area contributed by atoms with Crippen molar-refractivity contribution in [1.29, 1.82) is 0 Å². The van der Waals surface area contributed by atoms with Crippen molar-refractivity contribution in [1.82, 2.24) is 0 Å². The van der Waals surface area contributed by atoms with Crippen LogP contribution >= 0.6 is 0 Å².